The highest BCUT2D eigenvalue weighted by atomic mass is 32.2. The van der Waals surface area contributed by atoms with Gasteiger partial charge >= 0.3 is 6.03 Å². The van der Waals surface area contributed by atoms with Gasteiger partial charge in [0.15, 0.2) is 0 Å². The highest BCUT2D eigenvalue weighted by Crippen LogP contribution is 2.33. The van der Waals surface area contributed by atoms with Crippen molar-refractivity contribution in [3.05, 3.63) is 0 Å². The van der Waals surface area contributed by atoms with E-state index in [2.05, 4.69) is 42.5 Å². The summed E-state index contributed by atoms with van der Waals surface area (Å²) in [6.45, 7) is 2.58. The van der Waals surface area contributed by atoms with Gasteiger partial charge in [-0.1, -0.05) is 20.3 Å². The topological polar surface area (TPSA) is 394 Å². The molecule has 1 unspecified atom stereocenters. The molecule has 0 aromatic heterocycles. The Morgan fingerprint density at radius 2 is 1.39 bits per heavy atom. The second kappa shape index (κ2) is 27.3. The predicted molar refractivity (Wildman–Crippen MR) is 222 cm³/mol. The van der Waals surface area contributed by atoms with E-state index in [1.807, 2.05) is 11.8 Å². The molecule has 2 aliphatic rings. The van der Waals surface area contributed by atoms with Crippen LogP contribution in [0.2, 0.25) is 0 Å². The van der Waals surface area contributed by atoms with E-state index < -0.39 is 110 Å². The SMILES string of the molecule is CC(C)CC(CC(=O)NO)C(=O)N[C@@H](CC(N)=O)C(=O)N[C@@H](CCC(N)=O)C(=O)NCC(=O)NCC(=O)N[C@@H](CCCCNC(=O)CCCC[C@@H]1SC[C@@H]2NC(=O)N[C@@H]21)C(N)=O. The van der Waals surface area contributed by atoms with Crippen molar-refractivity contribution in [3.63, 3.8) is 0 Å². The van der Waals surface area contributed by atoms with Crippen molar-refractivity contribution < 1.29 is 57.9 Å². The van der Waals surface area contributed by atoms with Crippen LogP contribution in [0.3, 0.4) is 0 Å². The molecule has 2 fully saturated rings. The van der Waals surface area contributed by atoms with E-state index in [4.69, 9.17) is 22.4 Å². The summed E-state index contributed by atoms with van der Waals surface area (Å²) in [6.07, 6.45) is 2.15. The van der Waals surface area contributed by atoms with Crippen LogP contribution in [0.25, 0.3) is 0 Å². The second-order valence-corrected chi connectivity index (χ2v) is 16.9. The monoisotopic (exact) mass is 898 g/mol. The molecule has 348 valence electrons. The number of carbonyl (C=O) groups excluding carboxylic acids is 11. The minimum atomic E-state index is -1.62. The average molecular weight is 899 g/mol. The van der Waals surface area contributed by atoms with Crippen LogP contribution in [-0.4, -0.2) is 131 Å². The van der Waals surface area contributed by atoms with Crippen molar-refractivity contribution in [2.24, 2.45) is 29.0 Å². The van der Waals surface area contributed by atoms with Crippen molar-refractivity contribution in [2.75, 3.05) is 25.4 Å². The first-order chi connectivity index (χ1) is 29.3. The molecule has 2 saturated heterocycles. The zero-order chi connectivity index (χ0) is 46.4. The predicted octanol–water partition coefficient (Wildman–Crippen LogP) is -4.13. The number of thioether (sulfide) groups is 1. The fourth-order valence-corrected chi connectivity index (χ4v) is 8.32. The van der Waals surface area contributed by atoms with Crippen LogP contribution in [0.4, 0.5) is 4.79 Å². The Kier molecular flexibility index (Phi) is 23.1. The highest BCUT2D eigenvalue weighted by molar-refractivity contribution is 8.00. The standard InChI is InChI=1S/C37H62N12O12S/c1-19(2)13-20(14-29(53)49-61)34(57)46-23(15-27(39)51)36(59)45-22(10-11-26(38)50)35(58)43-16-30(54)42-17-31(55)44-21(33(40)56)7-5-6-12-41-28(52)9-4-3-8-25-32-24(18-62-25)47-37(60)48-32/h19-25,32,61H,3-18H2,1-2H3,(H2,38,50)(H2,39,51)(H2,40,56)(H,41,52)(H,42,54)(H,43,58)(H,44,55)(H,45,59)(H,46,57)(H,49,53)(H2,47,48,60)/t20?,21-,22-,23-,24-,25-,32-/m0/s1. The van der Waals surface area contributed by atoms with Crippen molar-refractivity contribution >= 4 is 76.9 Å². The van der Waals surface area contributed by atoms with Gasteiger partial charge in [-0.3, -0.25) is 53.2 Å². The number of amides is 12. The van der Waals surface area contributed by atoms with Crippen molar-refractivity contribution in [1.29, 1.82) is 0 Å². The molecule has 0 aromatic rings. The Hall–Kier alpha value is -5.72. The molecule has 16 N–H and O–H groups in total. The summed E-state index contributed by atoms with van der Waals surface area (Å²) in [5.74, 6) is -8.34. The maximum Gasteiger partial charge on any atom is 0.315 e. The van der Waals surface area contributed by atoms with E-state index in [0.29, 0.717) is 37.5 Å². The molecule has 0 bridgehead atoms. The number of urea groups is 1. The van der Waals surface area contributed by atoms with Crippen LogP contribution in [0.1, 0.15) is 90.9 Å². The Labute approximate surface area is 362 Å². The van der Waals surface area contributed by atoms with Crippen LogP contribution < -0.4 is 65.2 Å². The summed E-state index contributed by atoms with van der Waals surface area (Å²) in [6, 6.07) is -4.06. The van der Waals surface area contributed by atoms with Crippen molar-refractivity contribution in [2.45, 2.75) is 126 Å². The molecule has 0 saturated carbocycles. The molecule has 25 heteroatoms. The van der Waals surface area contributed by atoms with Crippen LogP contribution in [0, 0.1) is 11.8 Å². The van der Waals surface area contributed by atoms with E-state index in [0.717, 1.165) is 18.6 Å². The van der Waals surface area contributed by atoms with Crippen molar-refractivity contribution in [3.8, 4) is 0 Å². The number of hydrogen-bond acceptors (Lipinski definition) is 13. The molecule has 0 aliphatic carbocycles. The third-order valence-electron chi connectivity index (χ3n) is 9.90. The lowest BCUT2D eigenvalue weighted by Gasteiger charge is -2.24. The minimum absolute atomic E-state index is 0.0926. The van der Waals surface area contributed by atoms with Gasteiger partial charge < -0.3 is 59.7 Å². The first-order valence-corrected chi connectivity index (χ1v) is 21.5. The van der Waals surface area contributed by atoms with Crippen LogP contribution in [0.15, 0.2) is 0 Å². The lowest BCUT2D eigenvalue weighted by Crippen LogP contribution is -2.56. The summed E-state index contributed by atoms with van der Waals surface area (Å²) in [5, 5.41) is 29.5. The van der Waals surface area contributed by atoms with Gasteiger partial charge in [0, 0.05) is 42.7 Å². The smallest absolute Gasteiger partial charge is 0.315 e. The van der Waals surface area contributed by atoms with Gasteiger partial charge in [-0.05, 0) is 50.9 Å². The average Bonchev–Trinajstić information content (AvgIpc) is 3.76. The first kappa shape index (κ1) is 52.4. The fraction of sp³-hybridized carbons (Fsp3) is 0.703. The van der Waals surface area contributed by atoms with Gasteiger partial charge in [-0.25, -0.2) is 10.3 Å². The summed E-state index contributed by atoms with van der Waals surface area (Å²) in [4.78, 5) is 135. The molecule has 2 heterocycles. The second-order valence-electron chi connectivity index (χ2n) is 15.6. The third kappa shape index (κ3) is 20.2. The first-order valence-electron chi connectivity index (χ1n) is 20.5. The normalized spacial score (nSPS) is 18.3. The molecule has 2 aliphatic heterocycles. The molecule has 0 spiro atoms. The van der Waals surface area contributed by atoms with E-state index >= 15 is 0 Å². The third-order valence-corrected chi connectivity index (χ3v) is 11.4. The number of primary amides is 3. The Balaban J connectivity index is 1.78. The molecular weight excluding hydrogens is 837 g/mol. The Morgan fingerprint density at radius 3 is 2.03 bits per heavy atom. The molecule has 0 radical (unpaired) electrons. The molecule has 2 rings (SSSR count). The number of hydrogen-bond donors (Lipinski definition) is 13. The number of carbonyl (C=O) groups is 11. The van der Waals surface area contributed by atoms with Gasteiger partial charge in [-0.2, -0.15) is 11.8 Å². The van der Waals surface area contributed by atoms with E-state index in [1.54, 1.807) is 13.8 Å². The Morgan fingerprint density at radius 1 is 0.694 bits per heavy atom. The number of fused-ring (bicyclic) bond motifs is 1. The number of nitrogens with two attached hydrogens (primary N) is 3. The molecule has 24 nitrogen and oxygen atoms in total. The summed E-state index contributed by atoms with van der Waals surface area (Å²) in [7, 11) is 0. The minimum Gasteiger partial charge on any atom is -0.370 e. The maximum atomic E-state index is 13.3. The summed E-state index contributed by atoms with van der Waals surface area (Å²) >= 11 is 1.82. The van der Waals surface area contributed by atoms with Gasteiger partial charge in [-0.15, -0.1) is 0 Å². The zero-order valence-electron chi connectivity index (χ0n) is 35.0. The number of unbranched alkanes of at least 4 members (excludes halogenated alkanes) is 2. The maximum absolute atomic E-state index is 13.3. The van der Waals surface area contributed by atoms with Gasteiger partial charge in [0.25, 0.3) is 0 Å². The van der Waals surface area contributed by atoms with Crippen LogP contribution in [-0.2, 0) is 47.9 Å². The molecule has 12 amide bonds. The zero-order valence-corrected chi connectivity index (χ0v) is 35.8. The van der Waals surface area contributed by atoms with Gasteiger partial charge in [0.2, 0.25) is 59.1 Å². The lowest BCUT2D eigenvalue weighted by molar-refractivity contribution is -0.138. The quantitative estimate of drug-likeness (QED) is 0.0141. The highest BCUT2D eigenvalue weighted by Gasteiger charge is 2.42. The molecule has 0 aromatic carbocycles. The molecule has 62 heavy (non-hydrogen) atoms. The van der Waals surface area contributed by atoms with E-state index in [-0.39, 0.29) is 49.2 Å². The summed E-state index contributed by atoms with van der Waals surface area (Å²) < 4.78 is 0. The number of hydroxylamine groups is 1. The number of rotatable bonds is 30. The van der Waals surface area contributed by atoms with Crippen LogP contribution >= 0.6 is 11.8 Å². The van der Waals surface area contributed by atoms with E-state index in [9.17, 15) is 52.7 Å². The molecular formula is C37H62N12O12S. The van der Waals surface area contributed by atoms with E-state index in [1.165, 1.54) is 5.48 Å². The Bertz CT molecular complexity index is 1640. The van der Waals surface area contributed by atoms with Crippen LogP contribution in [0.5, 0.6) is 0 Å². The fourth-order valence-electron chi connectivity index (χ4n) is 6.78. The van der Waals surface area contributed by atoms with Gasteiger partial charge in [0.05, 0.1) is 31.6 Å². The molecule has 7 atom stereocenters. The summed E-state index contributed by atoms with van der Waals surface area (Å²) in [5.41, 5.74) is 17.4. The number of nitrogens with one attached hydrogen (secondary N) is 9. The largest absolute Gasteiger partial charge is 0.370 e. The van der Waals surface area contributed by atoms with Crippen molar-refractivity contribution in [1.82, 2.24) is 48.0 Å². The lowest BCUT2D eigenvalue weighted by atomic mass is 9.92. The van der Waals surface area contributed by atoms with Gasteiger partial charge in [0.1, 0.15) is 18.1 Å².